The van der Waals surface area contributed by atoms with Crippen molar-refractivity contribution >= 4 is 29.8 Å². The second-order valence-electron chi connectivity index (χ2n) is 6.99. The van der Waals surface area contributed by atoms with Crippen molar-refractivity contribution in [3.8, 4) is 11.5 Å². The summed E-state index contributed by atoms with van der Waals surface area (Å²) in [5.41, 5.74) is 2.19. The van der Waals surface area contributed by atoms with Crippen LogP contribution >= 0.6 is 24.0 Å². The van der Waals surface area contributed by atoms with Gasteiger partial charge in [-0.1, -0.05) is 35.8 Å². The van der Waals surface area contributed by atoms with E-state index in [1.54, 1.807) is 0 Å². The topological polar surface area (TPSA) is 58.3 Å². The van der Waals surface area contributed by atoms with E-state index in [2.05, 4.69) is 37.1 Å². The molecule has 0 N–H and O–H groups in total. The van der Waals surface area contributed by atoms with Crippen molar-refractivity contribution in [3.63, 3.8) is 0 Å². The number of rotatable bonds is 5. The minimum Gasteiger partial charge on any atom is -0.355 e. The van der Waals surface area contributed by atoms with E-state index in [0.717, 1.165) is 67.8 Å². The number of hydrogen-bond acceptors (Lipinski definition) is 6. The third kappa shape index (κ3) is 5.26. The van der Waals surface area contributed by atoms with Crippen LogP contribution in [0.4, 0.5) is 5.82 Å². The number of benzene rings is 1. The molecule has 0 spiro atoms. The SMILES string of the molecule is CCc1noc(-c2cccnc2N2CCCN(Cc3ccc(Cl)cc3)CC2)n1.Cl. The smallest absolute Gasteiger partial charge is 0.261 e. The molecule has 0 amide bonds. The van der Waals surface area contributed by atoms with Crippen LogP contribution in [0.5, 0.6) is 0 Å². The van der Waals surface area contributed by atoms with E-state index in [9.17, 15) is 0 Å². The lowest BCUT2D eigenvalue weighted by Gasteiger charge is -2.24. The van der Waals surface area contributed by atoms with Crippen molar-refractivity contribution < 1.29 is 4.52 Å². The molecule has 6 nitrogen and oxygen atoms in total. The van der Waals surface area contributed by atoms with E-state index < -0.39 is 0 Å². The van der Waals surface area contributed by atoms with Crippen LogP contribution in [0.25, 0.3) is 11.5 Å². The maximum absolute atomic E-state index is 6.00. The van der Waals surface area contributed by atoms with Crippen LogP contribution in [0.2, 0.25) is 5.02 Å². The molecule has 29 heavy (non-hydrogen) atoms. The zero-order valence-electron chi connectivity index (χ0n) is 16.4. The highest BCUT2D eigenvalue weighted by Gasteiger charge is 2.21. The first-order valence-electron chi connectivity index (χ1n) is 9.72. The number of aromatic nitrogens is 3. The highest BCUT2D eigenvalue weighted by molar-refractivity contribution is 6.30. The molecule has 0 unspecified atom stereocenters. The number of aryl methyl sites for hydroxylation is 1. The van der Waals surface area contributed by atoms with Gasteiger partial charge in [-0.05, 0) is 36.2 Å². The summed E-state index contributed by atoms with van der Waals surface area (Å²) in [5, 5.41) is 4.81. The summed E-state index contributed by atoms with van der Waals surface area (Å²) in [6.07, 6.45) is 3.66. The van der Waals surface area contributed by atoms with Crippen molar-refractivity contribution in [3.05, 3.63) is 59.0 Å². The van der Waals surface area contributed by atoms with Gasteiger partial charge in [-0.15, -0.1) is 12.4 Å². The average molecular weight is 434 g/mol. The van der Waals surface area contributed by atoms with E-state index in [0.29, 0.717) is 5.89 Å². The minimum absolute atomic E-state index is 0. The average Bonchev–Trinajstić information content (AvgIpc) is 3.09. The molecule has 154 valence electrons. The second-order valence-corrected chi connectivity index (χ2v) is 7.42. The Kier molecular flexibility index (Phi) is 7.47. The first-order chi connectivity index (χ1) is 13.7. The fourth-order valence-electron chi connectivity index (χ4n) is 3.51. The normalized spacial score (nSPS) is 15.0. The molecule has 1 aliphatic heterocycles. The molecule has 0 bridgehead atoms. The third-order valence-corrected chi connectivity index (χ3v) is 5.26. The van der Waals surface area contributed by atoms with E-state index in [-0.39, 0.29) is 12.4 Å². The standard InChI is InChI=1S/C21H24ClN5O.ClH/c1-2-19-24-21(28-25-19)18-5-3-10-23-20(18)27-12-4-11-26(13-14-27)15-16-6-8-17(22)9-7-16;/h3,5-10H,2,4,11-15H2,1H3;1H. The first-order valence-corrected chi connectivity index (χ1v) is 10.1. The van der Waals surface area contributed by atoms with Gasteiger partial charge in [0.15, 0.2) is 5.82 Å². The van der Waals surface area contributed by atoms with Gasteiger partial charge in [-0.2, -0.15) is 4.98 Å². The van der Waals surface area contributed by atoms with Crippen molar-refractivity contribution in [1.82, 2.24) is 20.0 Å². The lowest BCUT2D eigenvalue weighted by Crippen LogP contribution is -2.31. The monoisotopic (exact) mass is 433 g/mol. The fourth-order valence-corrected chi connectivity index (χ4v) is 3.64. The van der Waals surface area contributed by atoms with Crippen LogP contribution in [-0.2, 0) is 13.0 Å². The number of pyridine rings is 1. The Bertz CT molecular complexity index is 915. The molecule has 0 aliphatic carbocycles. The van der Waals surface area contributed by atoms with E-state index in [4.69, 9.17) is 16.1 Å². The molecule has 3 aromatic rings. The van der Waals surface area contributed by atoms with Crippen LogP contribution < -0.4 is 4.90 Å². The summed E-state index contributed by atoms with van der Waals surface area (Å²) in [4.78, 5) is 13.9. The number of anilines is 1. The van der Waals surface area contributed by atoms with Crippen LogP contribution in [-0.4, -0.2) is 46.2 Å². The Hall–Kier alpha value is -2.15. The molecule has 1 aromatic carbocycles. The highest BCUT2D eigenvalue weighted by atomic mass is 35.5. The largest absolute Gasteiger partial charge is 0.355 e. The summed E-state index contributed by atoms with van der Waals surface area (Å²) < 4.78 is 5.47. The molecule has 3 heterocycles. The summed E-state index contributed by atoms with van der Waals surface area (Å²) >= 11 is 6.00. The lowest BCUT2D eigenvalue weighted by molar-refractivity contribution is 0.285. The van der Waals surface area contributed by atoms with Crippen molar-refractivity contribution in [2.45, 2.75) is 26.3 Å². The Morgan fingerprint density at radius 1 is 1.07 bits per heavy atom. The Morgan fingerprint density at radius 2 is 1.90 bits per heavy atom. The highest BCUT2D eigenvalue weighted by Crippen LogP contribution is 2.28. The minimum atomic E-state index is 0. The molecule has 1 saturated heterocycles. The first kappa shape index (κ1) is 21.6. The predicted octanol–water partition coefficient (Wildman–Crippen LogP) is 4.48. The molecule has 0 atom stereocenters. The summed E-state index contributed by atoms with van der Waals surface area (Å²) in [6.45, 7) is 6.85. The van der Waals surface area contributed by atoms with Crippen LogP contribution in [0.1, 0.15) is 24.7 Å². The molecular weight excluding hydrogens is 409 g/mol. The lowest BCUT2D eigenvalue weighted by atomic mass is 10.2. The van der Waals surface area contributed by atoms with Gasteiger partial charge >= 0.3 is 0 Å². The van der Waals surface area contributed by atoms with Crippen molar-refractivity contribution in [2.75, 3.05) is 31.1 Å². The molecular formula is C21H25Cl2N5O. The van der Waals surface area contributed by atoms with E-state index in [1.807, 2.05) is 37.4 Å². The van der Waals surface area contributed by atoms with Crippen LogP contribution in [0.15, 0.2) is 47.1 Å². The van der Waals surface area contributed by atoms with Gasteiger partial charge in [-0.3, -0.25) is 4.90 Å². The Balaban J connectivity index is 0.00000240. The Morgan fingerprint density at radius 3 is 2.66 bits per heavy atom. The van der Waals surface area contributed by atoms with Gasteiger partial charge in [0.2, 0.25) is 0 Å². The molecule has 8 heteroatoms. The van der Waals surface area contributed by atoms with Gasteiger partial charge in [0.1, 0.15) is 5.82 Å². The van der Waals surface area contributed by atoms with Gasteiger partial charge in [0, 0.05) is 50.4 Å². The van der Waals surface area contributed by atoms with E-state index in [1.165, 1.54) is 5.56 Å². The zero-order valence-corrected chi connectivity index (χ0v) is 18.0. The molecule has 0 saturated carbocycles. The molecule has 4 rings (SSSR count). The molecule has 1 aliphatic rings. The van der Waals surface area contributed by atoms with Gasteiger partial charge < -0.3 is 9.42 Å². The predicted molar refractivity (Wildman–Crippen MR) is 118 cm³/mol. The van der Waals surface area contributed by atoms with E-state index >= 15 is 0 Å². The summed E-state index contributed by atoms with van der Waals surface area (Å²) in [6, 6.07) is 12.0. The summed E-state index contributed by atoms with van der Waals surface area (Å²) in [7, 11) is 0. The summed E-state index contributed by atoms with van der Waals surface area (Å²) in [5.74, 6) is 2.18. The second kappa shape index (κ2) is 10.1. The van der Waals surface area contributed by atoms with Crippen molar-refractivity contribution in [1.29, 1.82) is 0 Å². The van der Waals surface area contributed by atoms with Gasteiger partial charge in [-0.25, -0.2) is 4.98 Å². The van der Waals surface area contributed by atoms with Gasteiger partial charge in [0.25, 0.3) is 5.89 Å². The number of nitrogens with zero attached hydrogens (tertiary/aromatic N) is 5. The van der Waals surface area contributed by atoms with Crippen molar-refractivity contribution in [2.24, 2.45) is 0 Å². The van der Waals surface area contributed by atoms with Crippen LogP contribution in [0.3, 0.4) is 0 Å². The maximum Gasteiger partial charge on any atom is 0.261 e. The third-order valence-electron chi connectivity index (χ3n) is 5.01. The number of halogens is 2. The molecule has 1 fully saturated rings. The number of hydrogen-bond donors (Lipinski definition) is 0. The van der Waals surface area contributed by atoms with Gasteiger partial charge in [0.05, 0.1) is 5.56 Å². The molecule has 0 radical (unpaired) electrons. The quantitative estimate of drug-likeness (QED) is 0.590. The Labute approximate surface area is 182 Å². The zero-order chi connectivity index (χ0) is 19.3. The van der Waals surface area contributed by atoms with Crippen LogP contribution in [0, 0.1) is 0 Å². The molecule has 2 aromatic heterocycles. The fraction of sp³-hybridized carbons (Fsp3) is 0.381. The maximum atomic E-state index is 6.00.